The van der Waals surface area contributed by atoms with Crippen molar-refractivity contribution in [1.82, 2.24) is 9.88 Å². The normalized spacial score (nSPS) is 21.3. The lowest BCUT2D eigenvalue weighted by atomic mass is 10.1. The summed E-state index contributed by atoms with van der Waals surface area (Å²) >= 11 is 0. The molecule has 1 atom stereocenters. The topological polar surface area (TPSA) is 73.8 Å². The van der Waals surface area contributed by atoms with E-state index in [9.17, 15) is 13.2 Å². The second-order valence-corrected chi connectivity index (χ2v) is 9.23. The van der Waals surface area contributed by atoms with Gasteiger partial charge in [-0.2, -0.15) is 0 Å². The first-order valence-corrected chi connectivity index (χ1v) is 11.3. The molecule has 0 aliphatic carbocycles. The maximum atomic E-state index is 12.9. The van der Waals surface area contributed by atoms with Gasteiger partial charge in [0.1, 0.15) is 10.7 Å². The molecule has 0 saturated carbocycles. The van der Waals surface area contributed by atoms with Crippen molar-refractivity contribution in [3.8, 4) is 0 Å². The van der Waals surface area contributed by atoms with E-state index < -0.39 is 9.84 Å². The minimum atomic E-state index is -3.34. The molecule has 148 valence electrons. The van der Waals surface area contributed by atoms with Crippen LogP contribution < -0.4 is 9.80 Å². The number of rotatable bonds is 4. The number of benzene rings is 1. The van der Waals surface area contributed by atoms with Crippen LogP contribution in [0.4, 0.5) is 11.5 Å². The first kappa shape index (κ1) is 18.9. The van der Waals surface area contributed by atoms with E-state index >= 15 is 0 Å². The monoisotopic (exact) mass is 400 g/mol. The third kappa shape index (κ3) is 3.62. The zero-order valence-corrected chi connectivity index (χ0v) is 16.7. The van der Waals surface area contributed by atoms with E-state index in [1.54, 1.807) is 18.3 Å². The van der Waals surface area contributed by atoms with Gasteiger partial charge in [-0.05, 0) is 30.7 Å². The summed E-state index contributed by atoms with van der Waals surface area (Å²) in [7, 11) is -3.34. The van der Waals surface area contributed by atoms with Crippen molar-refractivity contribution >= 4 is 27.2 Å². The highest BCUT2D eigenvalue weighted by Gasteiger charge is 2.38. The van der Waals surface area contributed by atoms with Gasteiger partial charge in [0.2, 0.25) is 5.91 Å². The fraction of sp³-hybridized carbons (Fsp3) is 0.400. The van der Waals surface area contributed by atoms with Crippen molar-refractivity contribution in [2.75, 3.05) is 48.8 Å². The standard InChI is InChI=1S/C20H24N4O3S/c1-28(26,27)18-8-5-10-21-19(18)23-14-12-22(13-15-23)17-9-11-24(20(17)25)16-6-3-2-4-7-16/h2-8,10,17H,9,11-15H2,1H3. The van der Waals surface area contributed by atoms with E-state index in [0.29, 0.717) is 32.0 Å². The van der Waals surface area contributed by atoms with Crippen molar-refractivity contribution in [3.05, 3.63) is 48.7 Å². The summed E-state index contributed by atoms with van der Waals surface area (Å²) in [4.78, 5) is 23.6. The van der Waals surface area contributed by atoms with Crippen molar-refractivity contribution in [3.63, 3.8) is 0 Å². The first-order chi connectivity index (χ1) is 13.4. The van der Waals surface area contributed by atoms with Crippen LogP contribution in [0.2, 0.25) is 0 Å². The fourth-order valence-corrected chi connectivity index (χ4v) is 4.86. The highest BCUT2D eigenvalue weighted by molar-refractivity contribution is 7.90. The minimum absolute atomic E-state index is 0.111. The minimum Gasteiger partial charge on any atom is -0.353 e. The second-order valence-electron chi connectivity index (χ2n) is 7.25. The van der Waals surface area contributed by atoms with E-state index in [-0.39, 0.29) is 16.8 Å². The van der Waals surface area contributed by atoms with E-state index in [1.165, 1.54) is 6.26 Å². The number of carbonyl (C=O) groups is 1. The molecule has 0 spiro atoms. The SMILES string of the molecule is CS(=O)(=O)c1cccnc1N1CCN(C2CCN(c3ccccc3)C2=O)CC1. The number of hydrogen-bond acceptors (Lipinski definition) is 6. The lowest BCUT2D eigenvalue weighted by Gasteiger charge is -2.38. The molecule has 1 aromatic heterocycles. The van der Waals surface area contributed by atoms with Crippen LogP contribution in [-0.4, -0.2) is 69.2 Å². The van der Waals surface area contributed by atoms with Crippen LogP contribution in [0, 0.1) is 0 Å². The molecule has 2 aliphatic heterocycles. The summed E-state index contributed by atoms with van der Waals surface area (Å²) in [6, 6.07) is 12.9. The third-order valence-corrected chi connectivity index (χ3v) is 6.57. The third-order valence-electron chi connectivity index (χ3n) is 5.45. The Labute approximate surface area is 165 Å². The average Bonchev–Trinajstić information content (AvgIpc) is 3.09. The number of sulfone groups is 1. The summed E-state index contributed by atoms with van der Waals surface area (Å²) in [6.07, 6.45) is 3.64. The largest absolute Gasteiger partial charge is 0.353 e. The average molecular weight is 401 g/mol. The molecule has 1 aromatic carbocycles. The van der Waals surface area contributed by atoms with Crippen LogP contribution in [-0.2, 0) is 14.6 Å². The van der Waals surface area contributed by atoms with E-state index in [1.807, 2.05) is 40.1 Å². The Balaban J connectivity index is 1.44. The van der Waals surface area contributed by atoms with E-state index in [2.05, 4.69) is 9.88 Å². The number of hydrogen-bond donors (Lipinski definition) is 0. The fourth-order valence-electron chi connectivity index (χ4n) is 4.02. The second kappa shape index (κ2) is 7.52. The Morgan fingerprint density at radius 2 is 1.68 bits per heavy atom. The quantitative estimate of drug-likeness (QED) is 0.773. The summed E-state index contributed by atoms with van der Waals surface area (Å²) in [6.45, 7) is 3.44. The molecule has 8 heteroatoms. The Morgan fingerprint density at radius 3 is 2.36 bits per heavy atom. The molecule has 2 fully saturated rings. The van der Waals surface area contributed by atoms with Gasteiger partial charge in [0.05, 0.1) is 6.04 Å². The van der Waals surface area contributed by atoms with Crippen LogP contribution in [0.3, 0.4) is 0 Å². The zero-order valence-electron chi connectivity index (χ0n) is 15.9. The number of pyridine rings is 1. The van der Waals surface area contributed by atoms with Gasteiger partial charge in [-0.3, -0.25) is 9.69 Å². The van der Waals surface area contributed by atoms with Gasteiger partial charge in [-0.1, -0.05) is 18.2 Å². The smallest absolute Gasteiger partial charge is 0.244 e. The Bertz CT molecular complexity index is 956. The molecule has 0 bridgehead atoms. The van der Waals surface area contributed by atoms with Crippen LogP contribution in [0.1, 0.15) is 6.42 Å². The highest BCUT2D eigenvalue weighted by atomic mass is 32.2. The van der Waals surface area contributed by atoms with Crippen LogP contribution in [0.5, 0.6) is 0 Å². The molecule has 4 rings (SSSR count). The number of anilines is 2. The van der Waals surface area contributed by atoms with Gasteiger partial charge in [0.15, 0.2) is 9.84 Å². The number of aromatic nitrogens is 1. The highest BCUT2D eigenvalue weighted by Crippen LogP contribution is 2.27. The zero-order chi connectivity index (χ0) is 19.7. The van der Waals surface area contributed by atoms with Gasteiger partial charge in [0.25, 0.3) is 0 Å². The Kier molecular flexibility index (Phi) is 5.07. The summed E-state index contributed by atoms with van der Waals surface area (Å²) in [5, 5.41) is 0. The van der Waals surface area contributed by atoms with Crippen LogP contribution >= 0.6 is 0 Å². The maximum Gasteiger partial charge on any atom is 0.244 e. The van der Waals surface area contributed by atoms with Gasteiger partial charge < -0.3 is 9.80 Å². The molecule has 2 aromatic rings. The number of amides is 1. The predicted octanol–water partition coefficient (Wildman–Crippen LogP) is 1.41. The summed E-state index contributed by atoms with van der Waals surface area (Å²) in [5.74, 6) is 0.655. The lowest BCUT2D eigenvalue weighted by molar-refractivity contribution is -0.121. The van der Waals surface area contributed by atoms with Crippen molar-refractivity contribution in [1.29, 1.82) is 0 Å². The molecular weight excluding hydrogens is 376 g/mol. The Morgan fingerprint density at radius 1 is 0.964 bits per heavy atom. The van der Waals surface area contributed by atoms with Gasteiger partial charge in [-0.25, -0.2) is 13.4 Å². The summed E-state index contributed by atoms with van der Waals surface area (Å²) < 4.78 is 24.1. The predicted molar refractivity (Wildman–Crippen MR) is 108 cm³/mol. The number of piperazine rings is 1. The molecule has 28 heavy (non-hydrogen) atoms. The Hall–Kier alpha value is -2.45. The van der Waals surface area contributed by atoms with E-state index in [4.69, 9.17) is 0 Å². The molecule has 2 aliphatic rings. The van der Waals surface area contributed by atoms with Crippen molar-refractivity contribution < 1.29 is 13.2 Å². The number of para-hydroxylation sites is 1. The van der Waals surface area contributed by atoms with Crippen LogP contribution in [0.25, 0.3) is 0 Å². The van der Waals surface area contributed by atoms with E-state index in [0.717, 1.165) is 18.7 Å². The van der Waals surface area contributed by atoms with Crippen molar-refractivity contribution in [2.24, 2.45) is 0 Å². The molecule has 7 nitrogen and oxygen atoms in total. The van der Waals surface area contributed by atoms with Gasteiger partial charge in [-0.15, -0.1) is 0 Å². The molecule has 1 amide bonds. The summed E-state index contributed by atoms with van der Waals surface area (Å²) in [5.41, 5.74) is 0.944. The molecule has 0 radical (unpaired) electrons. The number of carbonyl (C=O) groups excluding carboxylic acids is 1. The van der Waals surface area contributed by atoms with Gasteiger partial charge >= 0.3 is 0 Å². The number of nitrogens with zero attached hydrogens (tertiary/aromatic N) is 4. The molecular formula is C20H24N4O3S. The molecule has 1 unspecified atom stereocenters. The lowest BCUT2D eigenvalue weighted by Crippen LogP contribution is -2.53. The van der Waals surface area contributed by atoms with Crippen LogP contribution in [0.15, 0.2) is 53.6 Å². The maximum absolute atomic E-state index is 12.9. The molecule has 0 N–H and O–H groups in total. The molecule has 2 saturated heterocycles. The van der Waals surface area contributed by atoms with Gasteiger partial charge in [0, 0.05) is 50.9 Å². The molecule has 3 heterocycles. The first-order valence-electron chi connectivity index (χ1n) is 9.45. The van der Waals surface area contributed by atoms with Crippen molar-refractivity contribution in [2.45, 2.75) is 17.4 Å².